The van der Waals surface area contributed by atoms with Crippen LogP contribution in [0.15, 0.2) is 24.3 Å². The van der Waals surface area contributed by atoms with Crippen molar-refractivity contribution in [2.75, 3.05) is 32.1 Å². The number of rotatable bonds is 5. The lowest BCUT2D eigenvalue weighted by molar-refractivity contribution is -0.140. The fourth-order valence-electron chi connectivity index (χ4n) is 4.59. The second kappa shape index (κ2) is 7.96. The van der Waals surface area contributed by atoms with Crippen molar-refractivity contribution < 1.29 is 9.53 Å². The molecule has 30 heavy (non-hydrogen) atoms. The zero-order chi connectivity index (χ0) is 21.4. The third kappa shape index (κ3) is 3.27. The van der Waals surface area contributed by atoms with E-state index in [1.165, 1.54) is 6.92 Å². The van der Waals surface area contributed by atoms with Crippen molar-refractivity contribution in [3.63, 3.8) is 0 Å². The number of hydrogen-bond acceptors (Lipinski definition) is 6. The van der Waals surface area contributed by atoms with Crippen LogP contribution in [0.4, 0.5) is 5.82 Å². The van der Waals surface area contributed by atoms with E-state index in [0.717, 1.165) is 47.4 Å². The average Bonchev–Trinajstić information content (AvgIpc) is 3.33. The molecule has 0 amide bonds. The predicted octanol–water partition coefficient (Wildman–Crippen LogP) is 3.26. The predicted molar refractivity (Wildman–Crippen MR) is 117 cm³/mol. The van der Waals surface area contributed by atoms with Gasteiger partial charge in [0.15, 0.2) is 5.65 Å². The number of ether oxygens (including phenoxy) is 1. The first-order chi connectivity index (χ1) is 14.4. The zero-order valence-electron chi connectivity index (χ0n) is 18.0. The van der Waals surface area contributed by atoms with Gasteiger partial charge in [0.05, 0.1) is 29.4 Å². The molecule has 1 fully saturated rings. The molecule has 1 aliphatic heterocycles. The van der Waals surface area contributed by atoms with E-state index in [2.05, 4.69) is 34.4 Å². The van der Waals surface area contributed by atoms with E-state index in [0.29, 0.717) is 17.6 Å². The first-order valence-electron chi connectivity index (χ1n) is 10.3. The summed E-state index contributed by atoms with van der Waals surface area (Å²) in [5.41, 5.74) is 5.06. The number of aromatic nitrogens is 2. The second-order valence-electron chi connectivity index (χ2n) is 8.04. The number of nitriles is 1. The molecule has 0 spiro atoms. The Morgan fingerprint density at radius 3 is 2.83 bits per heavy atom. The van der Waals surface area contributed by atoms with Crippen molar-refractivity contribution in [2.45, 2.75) is 39.3 Å². The molecule has 2 aromatic heterocycles. The fourth-order valence-corrected chi connectivity index (χ4v) is 4.59. The average molecular weight is 406 g/mol. The van der Waals surface area contributed by atoms with Crippen molar-refractivity contribution >= 4 is 28.5 Å². The highest BCUT2D eigenvalue weighted by atomic mass is 16.5. The van der Waals surface area contributed by atoms with Gasteiger partial charge in [-0.25, -0.2) is 4.98 Å². The molecule has 3 aromatic rings. The summed E-state index contributed by atoms with van der Waals surface area (Å²) < 4.78 is 7.40. The maximum absolute atomic E-state index is 11.4. The van der Waals surface area contributed by atoms with E-state index in [9.17, 15) is 10.1 Å². The number of carbonyl (C=O) groups is 1. The number of pyridine rings is 1. The molecule has 0 saturated carbocycles. The number of imidazole rings is 1. The molecular weight excluding hydrogens is 378 g/mol. The summed E-state index contributed by atoms with van der Waals surface area (Å²) in [5.74, 6) is 0.759. The van der Waals surface area contributed by atoms with Crippen molar-refractivity contribution in [2.24, 2.45) is 0 Å². The molecule has 0 unspecified atom stereocenters. The molecule has 7 heteroatoms. The number of benzene rings is 1. The van der Waals surface area contributed by atoms with Crippen LogP contribution in [0.1, 0.15) is 36.5 Å². The van der Waals surface area contributed by atoms with E-state index < -0.39 is 0 Å². The number of fused-ring (bicyclic) bond motifs is 3. The van der Waals surface area contributed by atoms with E-state index in [-0.39, 0.29) is 18.7 Å². The summed E-state index contributed by atoms with van der Waals surface area (Å²) in [7, 11) is 4.20. The van der Waals surface area contributed by atoms with Gasteiger partial charge in [0, 0.05) is 25.5 Å². The minimum absolute atomic E-state index is 0.258. The van der Waals surface area contributed by atoms with Gasteiger partial charge >= 0.3 is 5.97 Å². The zero-order valence-corrected chi connectivity index (χ0v) is 18.0. The Hall–Kier alpha value is -3.11. The smallest absolute Gasteiger partial charge is 0.302 e. The van der Waals surface area contributed by atoms with Crippen LogP contribution in [0.25, 0.3) is 16.7 Å². The maximum Gasteiger partial charge on any atom is 0.302 e. The summed E-state index contributed by atoms with van der Waals surface area (Å²) in [5, 5.41) is 9.97. The Bertz CT molecular complexity index is 1160. The van der Waals surface area contributed by atoms with Gasteiger partial charge in [-0.05, 0) is 51.6 Å². The first kappa shape index (κ1) is 20.2. The Morgan fingerprint density at radius 2 is 2.13 bits per heavy atom. The minimum atomic E-state index is -0.295. The molecular formula is C23H27N5O2. The highest BCUT2D eigenvalue weighted by Gasteiger charge is 2.32. The minimum Gasteiger partial charge on any atom is -0.466 e. The molecule has 0 aliphatic carbocycles. The van der Waals surface area contributed by atoms with Crippen LogP contribution < -0.4 is 4.90 Å². The third-order valence-electron chi connectivity index (χ3n) is 5.95. The largest absolute Gasteiger partial charge is 0.466 e. The van der Waals surface area contributed by atoms with E-state index in [1.807, 2.05) is 31.2 Å². The molecule has 4 rings (SSSR count). The summed E-state index contributed by atoms with van der Waals surface area (Å²) >= 11 is 0. The van der Waals surface area contributed by atoms with Crippen LogP contribution in [0.3, 0.4) is 0 Å². The van der Waals surface area contributed by atoms with Crippen molar-refractivity contribution in [3.05, 3.63) is 41.0 Å². The Balaban J connectivity index is 2.04. The molecule has 1 atom stereocenters. The number of hydrogen-bond donors (Lipinski definition) is 0. The second-order valence-corrected chi connectivity index (χ2v) is 8.04. The lowest BCUT2D eigenvalue weighted by atomic mass is 10.0. The Kier molecular flexibility index (Phi) is 5.35. The maximum atomic E-state index is 11.4. The number of para-hydroxylation sites is 2. The van der Waals surface area contributed by atoms with Crippen molar-refractivity contribution in [1.29, 1.82) is 5.26 Å². The topological polar surface area (TPSA) is 73.9 Å². The number of esters is 1. The Labute approximate surface area is 176 Å². The summed E-state index contributed by atoms with van der Waals surface area (Å²) in [6.45, 7) is 4.61. The molecule has 156 valence electrons. The standard InChI is InChI=1S/C23H27N5O2/c1-15-17(11-13-30-16(2)29)23(27-12-7-10-21(27)26(3)4)28-20-9-6-5-8-19(20)25-22(28)18(15)14-24/h5-6,8-9,21H,7,10-13H2,1-4H3/t21-/m0/s1. The summed E-state index contributed by atoms with van der Waals surface area (Å²) in [6, 6.07) is 10.4. The van der Waals surface area contributed by atoms with E-state index in [4.69, 9.17) is 9.72 Å². The molecule has 1 aromatic carbocycles. The van der Waals surface area contributed by atoms with Crippen LogP contribution in [0.2, 0.25) is 0 Å². The van der Waals surface area contributed by atoms with Gasteiger partial charge in [-0.2, -0.15) is 5.26 Å². The molecule has 3 heterocycles. The van der Waals surface area contributed by atoms with Crippen LogP contribution in [-0.4, -0.2) is 53.7 Å². The van der Waals surface area contributed by atoms with Crippen LogP contribution in [-0.2, 0) is 16.0 Å². The van der Waals surface area contributed by atoms with Gasteiger partial charge in [-0.3, -0.25) is 14.1 Å². The van der Waals surface area contributed by atoms with Crippen molar-refractivity contribution in [1.82, 2.24) is 14.3 Å². The third-order valence-corrected chi connectivity index (χ3v) is 5.95. The normalized spacial score (nSPS) is 16.5. The van der Waals surface area contributed by atoms with Gasteiger partial charge in [0.1, 0.15) is 11.9 Å². The van der Waals surface area contributed by atoms with Gasteiger partial charge in [-0.1, -0.05) is 12.1 Å². The lowest BCUT2D eigenvalue weighted by Gasteiger charge is -2.34. The highest BCUT2D eigenvalue weighted by molar-refractivity contribution is 5.86. The number of nitrogens with zero attached hydrogens (tertiary/aromatic N) is 5. The van der Waals surface area contributed by atoms with Gasteiger partial charge in [-0.15, -0.1) is 0 Å². The van der Waals surface area contributed by atoms with Gasteiger partial charge in [0.2, 0.25) is 0 Å². The van der Waals surface area contributed by atoms with Crippen molar-refractivity contribution in [3.8, 4) is 6.07 Å². The van der Waals surface area contributed by atoms with Crippen LogP contribution >= 0.6 is 0 Å². The van der Waals surface area contributed by atoms with E-state index >= 15 is 0 Å². The van der Waals surface area contributed by atoms with Crippen LogP contribution in [0, 0.1) is 18.3 Å². The molecule has 7 nitrogen and oxygen atoms in total. The SMILES string of the molecule is CC(=O)OCCc1c(C)c(C#N)c2nc3ccccc3n2c1N1CCC[C@H]1N(C)C. The quantitative estimate of drug-likeness (QED) is 0.607. The van der Waals surface area contributed by atoms with Gasteiger partial charge in [0.25, 0.3) is 0 Å². The van der Waals surface area contributed by atoms with E-state index in [1.54, 1.807) is 0 Å². The number of anilines is 1. The van der Waals surface area contributed by atoms with Crippen LogP contribution in [0.5, 0.6) is 0 Å². The fraction of sp³-hybridized carbons (Fsp3) is 0.435. The molecule has 0 N–H and O–H groups in total. The molecule has 1 aliphatic rings. The molecule has 0 bridgehead atoms. The Morgan fingerprint density at radius 1 is 1.37 bits per heavy atom. The highest BCUT2D eigenvalue weighted by Crippen LogP contribution is 2.37. The summed E-state index contributed by atoms with van der Waals surface area (Å²) in [6.07, 6.45) is 2.98. The number of carbonyl (C=O) groups excluding carboxylic acids is 1. The van der Waals surface area contributed by atoms with Gasteiger partial charge < -0.3 is 9.64 Å². The first-order valence-corrected chi connectivity index (χ1v) is 10.3. The lowest BCUT2D eigenvalue weighted by Crippen LogP contribution is -2.42. The molecule has 0 radical (unpaired) electrons. The molecule has 1 saturated heterocycles. The monoisotopic (exact) mass is 405 g/mol. The summed E-state index contributed by atoms with van der Waals surface area (Å²) in [4.78, 5) is 20.8.